The molecule has 0 aromatic rings. The van der Waals surface area contributed by atoms with Gasteiger partial charge in [0, 0.05) is 0 Å². The molecular weight excluding hydrogens is 156 g/mol. The van der Waals surface area contributed by atoms with Crippen molar-refractivity contribution in [1.82, 2.24) is 0 Å². The lowest BCUT2D eigenvalue weighted by Crippen LogP contribution is -2.34. The number of primary amides is 2. The summed E-state index contributed by atoms with van der Waals surface area (Å²) in [5.74, 6) is -2.01. The number of hydrogen-bond donors (Lipinski definition) is 2. The van der Waals surface area contributed by atoms with E-state index in [1.807, 2.05) is 6.92 Å². The van der Waals surface area contributed by atoms with Gasteiger partial charge in [0.1, 0.15) is 5.92 Å². The van der Waals surface area contributed by atoms with E-state index in [4.69, 9.17) is 11.5 Å². The molecule has 0 aliphatic carbocycles. The molecular formula is C8H16N2O2. The molecule has 0 atom stereocenters. The molecule has 0 aliphatic rings. The first-order valence-electron chi connectivity index (χ1n) is 4.18. The van der Waals surface area contributed by atoms with Gasteiger partial charge in [-0.15, -0.1) is 0 Å². The molecule has 0 spiro atoms. The van der Waals surface area contributed by atoms with Gasteiger partial charge in [0.15, 0.2) is 0 Å². The Morgan fingerprint density at radius 1 is 1.17 bits per heavy atom. The van der Waals surface area contributed by atoms with E-state index in [0.717, 1.165) is 19.3 Å². The van der Waals surface area contributed by atoms with Crippen molar-refractivity contribution in [2.75, 3.05) is 0 Å². The molecule has 0 saturated heterocycles. The molecule has 0 aliphatic heterocycles. The Kier molecular flexibility index (Phi) is 5.08. The molecule has 4 nitrogen and oxygen atoms in total. The third kappa shape index (κ3) is 3.95. The van der Waals surface area contributed by atoms with Gasteiger partial charge in [-0.1, -0.05) is 26.2 Å². The average Bonchev–Trinajstić information content (AvgIpc) is 1.96. The first kappa shape index (κ1) is 10.9. The molecule has 0 saturated carbocycles. The monoisotopic (exact) mass is 172 g/mol. The third-order valence-electron chi connectivity index (χ3n) is 1.78. The molecule has 12 heavy (non-hydrogen) atoms. The van der Waals surface area contributed by atoms with Crippen LogP contribution in [-0.2, 0) is 9.59 Å². The zero-order valence-electron chi connectivity index (χ0n) is 7.38. The highest BCUT2D eigenvalue weighted by molar-refractivity contribution is 5.98. The minimum Gasteiger partial charge on any atom is -0.369 e. The first-order valence-corrected chi connectivity index (χ1v) is 4.18. The molecule has 2 amide bonds. The van der Waals surface area contributed by atoms with Crippen LogP contribution >= 0.6 is 0 Å². The van der Waals surface area contributed by atoms with Crippen molar-refractivity contribution in [3.05, 3.63) is 0 Å². The first-order chi connectivity index (χ1) is 5.59. The number of carbonyl (C=O) groups excluding carboxylic acids is 2. The van der Waals surface area contributed by atoms with Crippen molar-refractivity contribution in [2.24, 2.45) is 17.4 Å². The Labute approximate surface area is 72.3 Å². The lowest BCUT2D eigenvalue weighted by molar-refractivity contribution is -0.131. The summed E-state index contributed by atoms with van der Waals surface area (Å²) in [7, 11) is 0. The van der Waals surface area contributed by atoms with Gasteiger partial charge in [-0.05, 0) is 6.42 Å². The Hall–Kier alpha value is -1.06. The van der Waals surface area contributed by atoms with E-state index < -0.39 is 17.7 Å². The van der Waals surface area contributed by atoms with Crippen LogP contribution in [0, 0.1) is 5.92 Å². The summed E-state index contributed by atoms with van der Waals surface area (Å²) in [4.78, 5) is 21.3. The third-order valence-corrected chi connectivity index (χ3v) is 1.78. The Morgan fingerprint density at radius 2 is 1.67 bits per heavy atom. The van der Waals surface area contributed by atoms with Crippen LogP contribution in [0.1, 0.15) is 32.6 Å². The number of rotatable bonds is 6. The fourth-order valence-corrected chi connectivity index (χ4v) is 1.02. The quantitative estimate of drug-likeness (QED) is 0.441. The molecule has 70 valence electrons. The maximum absolute atomic E-state index is 10.7. The lowest BCUT2D eigenvalue weighted by Gasteiger charge is -2.07. The van der Waals surface area contributed by atoms with E-state index >= 15 is 0 Å². The van der Waals surface area contributed by atoms with Gasteiger partial charge < -0.3 is 11.5 Å². The lowest BCUT2D eigenvalue weighted by atomic mass is 10.0. The minimum absolute atomic E-state index is 0.485. The normalized spacial score (nSPS) is 10.2. The van der Waals surface area contributed by atoms with Crippen LogP contribution in [0.25, 0.3) is 0 Å². The summed E-state index contributed by atoms with van der Waals surface area (Å²) >= 11 is 0. The highest BCUT2D eigenvalue weighted by Gasteiger charge is 2.20. The Balaban J connectivity index is 3.80. The van der Waals surface area contributed by atoms with E-state index in [1.54, 1.807) is 0 Å². The van der Waals surface area contributed by atoms with Crippen molar-refractivity contribution < 1.29 is 9.59 Å². The number of nitrogens with two attached hydrogens (primary N) is 2. The second-order valence-electron chi connectivity index (χ2n) is 2.85. The molecule has 4 heteroatoms. The summed E-state index contributed by atoms with van der Waals surface area (Å²) in [6.45, 7) is 2.05. The fourth-order valence-electron chi connectivity index (χ4n) is 1.02. The zero-order chi connectivity index (χ0) is 9.56. The maximum Gasteiger partial charge on any atom is 0.229 e. The van der Waals surface area contributed by atoms with Gasteiger partial charge >= 0.3 is 0 Å². The summed E-state index contributed by atoms with van der Waals surface area (Å²) in [5, 5.41) is 0. The van der Waals surface area contributed by atoms with Crippen molar-refractivity contribution in [3.8, 4) is 0 Å². The summed E-state index contributed by atoms with van der Waals surface area (Å²) in [6.07, 6.45) is 3.35. The van der Waals surface area contributed by atoms with Crippen molar-refractivity contribution >= 4 is 11.8 Å². The molecule has 0 unspecified atom stereocenters. The van der Waals surface area contributed by atoms with Gasteiger partial charge in [-0.3, -0.25) is 9.59 Å². The smallest absolute Gasteiger partial charge is 0.229 e. The molecule has 0 aromatic carbocycles. The van der Waals surface area contributed by atoms with Crippen LogP contribution in [0.15, 0.2) is 0 Å². The summed E-state index contributed by atoms with van der Waals surface area (Å²) in [6, 6.07) is 0. The van der Waals surface area contributed by atoms with Crippen LogP contribution in [0.5, 0.6) is 0 Å². The van der Waals surface area contributed by atoms with Crippen LogP contribution < -0.4 is 11.5 Å². The van der Waals surface area contributed by atoms with Crippen molar-refractivity contribution in [3.63, 3.8) is 0 Å². The number of hydrogen-bond acceptors (Lipinski definition) is 2. The Bertz CT molecular complexity index is 154. The van der Waals surface area contributed by atoms with Gasteiger partial charge in [-0.25, -0.2) is 0 Å². The van der Waals surface area contributed by atoms with E-state index in [9.17, 15) is 9.59 Å². The topological polar surface area (TPSA) is 86.2 Å². The maximum atomic E-state index is 10.7. The van der Waals surface area contributed by atoms with Gasteiger partial charge in [0.05, 0.1) is 0 Å². The molecule has 0 fully saturated rings. The van der Waals surface area contributed by atoms with Gasteiger partial charge in [0.2, 0.25) is 11.8 Å². The molecule has 0 heterocycles. The number of amides is 2. The molecule has 4 N–H and O–H groups in total. The summed E-state index contributed by atoms with van der Waals surface area (Å²) in [5.41, 5.74) is 9.96. The van der Waals surface area contributed by atoms with Crippen molar-refractivity contribution in [2.45, 2.75) is 32.6 Å². The minimum atomic E-state index is -0.781. The highest BCUT2D eigenvalue weighted by atomic mass is 16.2. The van der Waals surface area contributed by atoms with Gasteiger partial charge in [0.25, 0.3) is 0 Å². The number of carbonyl (C=O) groups is 2. The predicted octanol–water partition coefficient (Wildman–Crippen LogP) is 0.153. The molecule has 0 aromatic heterocycles. The standard InChI is InChI=1S/C8H16N2O2/c1-2-3-4-5-6(7(9)11)8(10)12/h6H,2-5H2,1H3,(H2,9,11)(H2,10,12). The average molecular weight is 172 g/mol. The Morgan fingerprint density at radius 3 is 2.00 bits per heavy atom. The second-order valence-corrected chi connectivity index (χ2v) is 2.85. The van der Waals surface area contributed by atoms with Crippen LogP contribution in [0.2, 0.25) is 0 Å². The molecule has 0 rings (SSSR count). The molecule has 0 radical (unpaired) electrons. The van der Waals surface area contributed by atoms with E-state index in [2.05, 4.69) is 0 Å². The number of unbranched alkanes of at least 4 members (excludes halogenated alkanes) is 2. The molecule has 0 bridgehead atoms. The van der Waals surface area contributed by atoms with E-state index in [1.165, 1.54) is 0 Å². The van der Waals surface area contributed by atoms with E-state index in [-0.39, 0.29) is 0 Å². The summed E-state index contributed by atoms with van der Waals surface area (Å²) < 4.78 is 0. The largest absolute Gasteiger partial charge is 0.369 e. The highest BCUT2D eigenvalue weighted by Crippen LogP contribution is 2.08. The predicted molar refractivity (Wildman–Crippen MR) is 46.0 cm³/mol. The van der Waals surface area contributed by atoms with E-state index in [0.29, 0.717) is 6.42 Å². The van der Waals surface area contributed by atoms with Crippen molar-refractivity contribution in [1.29, 1.82) is 0 Å². The second kappa shape index (κ2) is 5.57. The zero-order valence-corrected chi connectivity index (χ0v) is 7.38. The fraction of sp³-hybridized carbons (Fsp3) is 0.750. The van der Waals surface area contributed by atoms with Crippen LogP contribution in [-0.4, -0.2) is 11.8 Å². The van der Waals surface area contributed by atoms with Crippen LogP contribution in [0.3, 0.4) is 0 Å². The van der Waals surface area contributed by atoms with Crippen LogP contribution in [0.4, 0.5) is 0 Å². The SMILES string of the molecule is CCCCCC(C(N)=O)C(N)=O. The van der Waals surface area contributed by atoms with Gasteiger partial charge in [-0.2, -0.15) is 0 Å².